The van der Waals surface area contributed by atoms with Crippen LogP contribution < -0.4 is 9.47 Å². The zero-order chi connectivity index (χ0) is 17.1. The van der Waals surface area contributed by atoms with Gasteiger partial charge in [-0.15, -0.1) is 6.58 Å². The predicted octanol–water partition coefficient (Wildman–Crippen LogP) is 2.02. The molecule has 2 N–H and O–H groups in total. The summed E-state index contributed by atoms with van der Waals surface area (Å²) in [6.45, 7) is 6.07. The topological polar surface area (TPSA) is 76.0 Å². The SMILES string of the molecule is C=CC[C@]12CC(=O)[C@@H](O)[C@@H](C1O)[C@H](c1ccc3c(c1)OCO3)[C@H]2C. The van der Waals surface area contributed by atoms with Gasteiger partial charge in [-0.05, 0) is 36.0 Å². The van der Waals surface area contributed by atoms with E-state index in [1.165, 1.54) is 0 Å². The van der Waals surface area contributed by atoms with Crippen LogP contribution >= 0.6 is 0 Å². The van der Waals surface area contributed by atoms with Crippen molar-refractivity contribution in [3.05, 3.63) is 36.4 Å². The van der Waals surface area contributed by atoms with Gasteiger partial charge in [0.15, 0.2) is 17.3 Å². The Hall–Kier alpha value is -1.85. The summed E-state index contributed by atoms with van der Waals surface area (Å²) < 4.78 is 10.8. The second-order valence-corrected chi connectivity index (χ2v) is 7.26. The van der Waals surface area contributed by atoms with E-state index in [0.29, 0.717) is 17.9 Å². The van der Waals surface area contributed by atoms with Crippen molar-refractivity contribution < 1.29 is 24.5 Å². The third-order valence-electron chi connectivity index (χ3n) is 6.32. The third kappa shape index (κ3) is 1.91. The number of carbonyl (C=O) groups excluding carboxylic acids is 1. The van der Waals surface area contributed by atoms with Gasteiger partial charge in [0, 0.05) is 17.8 Å². The fourth-order valence-electron chi connectivity index (χ4n) is 5.10. The molecule has 6 atom stereocenters. The van der Waals surface area contributed by atoms with Crippen molar-refractivity contribution in [1.29, 1.82) is 0 Å². The van der Waals surface area contributed by atoms with Crippen LogP contribution in [0, 0.1) is 17.3 Å². The number of hydrogen-bond acceptors (Lipinski definition) is 5. The van der Waals surface area contributed by atoms with Gasteiger partial charge >= 0.3 is 0 Å². The fraction of sp³-hybridized carbons (Fsp3) is 0.526. The molecule has 3 aliphatic rings. The second-order valence-electron chi connectivity index (χ2n) is 7.26. The number of fused-ring (bicyclic) bond motifs is 3. The Kier molecular flexibility index (Phi) is 3.48. The Morgan fingerprint density at radius 2 is 2.08 bits per heavy atom. The normalized spacial score (nSPS) is 40.0. The molecule has 0 radical (unpaired) electrons. The summed E-state index contributed by atoms with van der Waals surface area (Å²) in [5.74, 6) is 0.622. The molecule has 1 aliphatic heterocycles. The summed E-state index contributed by atoms with van der Waals surface area (Å²) in [6.07, 6.45) is 0.668. The lowest BCUT2D eigenvalue weighted by atomic mass is 9.66. The molecule has 24 heavy (non-hydrogen) atoms. The summed E-state index contributed by atoms with van der Waals surface area (Å²) in [5.41, 5.74) is 0.416. The van der Waals surface area contributed by atoms with Crippen molar-refractivity contribution in [3.63, 3.8) is 0 Å². The van der Waals surface area contributed by atoms with Gasteiger partial charge in [0.05, 0.1) is 6.10 Å². The van der Waals surface area contributed by atoms with Gasteiger partial charge in [-0.3, -0.25) is 4.79 Å². The number of ketones is 1. The predicted molar refractivity (Wildman–Crippen MR) is 86.8 cm³/mol. The lowest BCUT2D eigenvalue weighted by molar-refractivity contribution is -0.146. The Bertz CT molecular complexity index is 699. The lowest BCUT2D eigenvalue weighted by Gasteiger charge is -2.40. The molecule has 0 spiro atoms. The largest absolute Gasteiger partial charge is 0.454 e. The number of allylic oxidation sites excluding steroid dienone is 1. The Balaban J connectivity index is 1.80. The zero-order valence-electron chi connectivity index (χ0n) is 13.6. The molecule has 128 valence electrons. The summed E-state index contributed by atoms with van der Waals surface area (Å²) in [4.78, 5) is 12.4. The standard InChI is InChI=1S/C19H22O5/c1-3-6-19-8-12(20)17(21)16(18(19)22)15(10(19)2)11-4-5-13-14(7-11)24-9-23-13/h3-5,7,10,15-18,21-22H,1,6,8-9H2,2H3/t10-,15+,16+,17-,18?,19-/m1/s1. The van der Waals surface area contributed by atoms with Crippen molar-refractivity contribution in [3.8, 4) is 11.5 Å². The first-order chi connectivity index (χ1) is 11.5. The summed E-state index contributed by atoms with van der Waals surface area (Å²) in [7, 11) is 0. The van der Waals surface area contributed by atoms with Crippen LogP contribution in [-0.4, -0.2) is 35.0 Å². The van der Waals surface area contributed by atoms with E-state index in [1.54, 1.807) is 6.08 Å². The van der Waals surface area contributed by atoms with Gasteiger partial charge in [0.1, 0.15) is 6.10 Å². The molecule has 5 heteroatoms. The Morgan fingerprint density at radius 1 is 1.33 bits per heavy atom. The molecule has 1 aromatic carbocycles. The average molecular weight is 330 g/mol. The van der Waals surface area contributed by atoms with Gasteiger partial charge in [-0.2, -0.15) is 0 Å². The first-order valence-corrected chi connectivity index (χ1v) is 8.39. The minimum absolute atomic E-state index is 0.0389. The molecule has 1 unspecified atom stereocenters. The van der Waals surface area contributed by atoms with Crippen molar-refractivity contribution >= 4 is 5.78 Å². The molecule has 0 saturated heterocycles. The quantitative estimate of drug-likeness (QED) is 0.829. The lowest BCUT2D eigenvalue weighted by Crippen LogP contribution is -2.49. The van der Waals surface area contributed by atoms with Crippen LogP contribution in [0.1, 0.15) is 31.2 Å². The molecule has 1 aromatic rings. The number of ether oxygens (including phenoxy) is 2. The minimum atomic E-state index is -1.13. The molecule has 5 nitrogen and oxygen atoms in total. The number of hydrogen-bond donors (Lipinski definition) is 2. The number of Topliss-reactive ketones (excluding diaryl/α,β-unsaturated/α-hetero) is 1. The molecule has 0 aromatic heterocycles. The minimum Gasteiger partial charge on any atom is -0.454 e. The van der Waals surface area contributed by atoms with E-state index < -0.39 is 23.5 Å². The van der Waals surface area contributed by atoms with E-state index in [1.807, 2.05) is 18.2 Å². The zero-order valence-corrected chi connectivity index (χ0v) is 13.6. The highest BCUT2D eigenvalue weighted by atomic mass is 16.7. The first kappa shape index (κ1) is 15.7. The molecule has 0 amide bonds. The molecular weight excluding hydrogens is 308 g/mol. The summed E-state index contributed by atoms with van der Waals surface area (Å²) in [5, 5.41) is 21.4. The maximum absolute atomic E-state index is 12.4. The monoisotopic (exact) mass is 330 g/mol. The van der Waals surface area contributed by atoms with E-state index in [4.69, 9.17) is 9.47 Å². The van der Waals surface area contributed by atoms with Crippen LogP contribution in [-0.2, 0) is 4.79 Å². The molecule has 1 heterocycles. The number of aliphatic hydroxyl groups excluding tert-OH is 2. The van der Waals surface area contributed by atoms with E-state index in [9.17, 15) is 15.0 Å². The third-order valence-corrected chi connectivity index (χ3v) is 6.32. The van der Waals surface area contributed by atoms with Crippen molar-refractivity contribution in [1.82, 2.24) is 0 Å². The van der Waals surface area contributed by atoms with Crippen molar-refractivity contribution in [2.24, 2.45) is 17.3 Å². The summed E-state index contributed by atoms with van der Waals surface area (Å²) in [6, 6.07) is 5.71. The molecule has 2 bridgehead atoms. The van der Waals surface area contributed by atoms with Crippen molar-refractivity contribution in [2.45, 2.75) is 37.9 Å². The Morgan fingerprint density at radius 3 is 2.83 bits per heavy atom. The van der Waals surface area contributed by atoms with E-state index in [0.717, 1.165) is 5.56 Å². The van der Waals surface area contributed by atoms with Gasteiger partial charge in [0.25, 0.3) is 0 Å². The number of rotatable bonds is 3. The fourth-order valence-corrected chi connectivity index (χ4v) is 5.10. The highest BCUT2D eigenvalue weighted by Gasteiger charge is 2.64. The summed E-state index contributed by atoms with van der Waals surface area (Å²) >= 11 is 0. The van der Waals surface area contributed by atoms with Gasteiger partial charge in [0.2, 0.25) is 6.79 Å². The van der Waals surface area contributed by atoms with E-state index >= 15 is 0 Å². The van der Waals surface area contributed by atoms with Crippen LogP contribution in [0.5, 0.6) is 11.5 Å². The highest BCUT2D eigenvalue weighted by molar-refractivity contribution is 5.86. The number of benzene rings is 1. The smallest absolute Gasteiger partial charge is 0.231 e. The van der Waals surface area contributed by atoms with Crippen LogP contribution in [0.2, 0.25) is 0 Å². The van der Waals surface area contributed by atoms with Crippen LogP contribution in [0.4, 0.5) is 0 Å². The number of carbonyl (C=O) groups is 1. The number of aliphatic hydroxyl groups is 2. The maximum Gasteiger partial charge on any atom is 0.231 e. The Labute approximate surface area is 140 Å². The van der Waals surface area contributed by atoms with E-state index in [-0.39, 0.29) is 30.8 Å². The molecule has 2 saturated carbocycles. The maximum atomic E-state index is 12.4. The van der Waals surface area contributed by atoms with Crippen LogP contribution in [0.25, 0.3) is 0 Å². The van der Waals surface area contributed by atoms with Gasteiger partial charge in [-0.1, -0.05) is 19.1 Å². The molecule has 2 fully saturated rings. The first-order valence-electron chi connectivity index (χ1n) is 8.39. The van der Waals surface area contributed by atoms with Crippen LogP contribution in [0.3, 0.4) is 0 Å². The highest BCUT2D eigenvalue weighted by Crippen LogP contribution is 2.62. The molecule has 2 aliphatic carbocycles. The second kappa shape index (κ2) is 5.33. The molecule has 4 rings (SSSR count). The van der Waals surface area contributed by atoms with Crippen molar-refractivity contribution in [2.75, 3.05) is 6.79 Å². The molecular formula is C19H22O5. The van der Waals surface area contributed by atoms with Crippen LogP contribution in [0.15, 0.2) is 30.9 Å². The average Bonchev–Trinajstić information content (AvgIpc) is 3.08. The van der Waals surface area contributed by atoms with Gasteiger partial charge < -0.3 is 19.7 Å². The van der Waals surface area contributed by atoms with Gasteiger partial charge in [-0.25, -0.2) is 0 Å². The van der Waals surface area contributed by atoms with E-state index in [2.05, 4.69) is 13.5 Å².